The van der Waals surface area contributed by atoms with Crippen molar-refractivity contribution in [2.75, 3.05) is 20.0 Å². The topological polar surface area (TPSA) is 42.7 Å². The van der Waals surface area contributed by atoms with Crippen LogP contribution in [-0.2, 0) is 13.5 Å². The lowest BCUT2D eigenvalue weighted by Crippen LogP contribution is -2.60. The highest BCUT2D eigenvalue weighted by atomic mass is 19.3. The van der Waals surface area contributed by atoms with Gasteiger partial charge >= 0.3 is 0 Å². The maximum absolute atomic E-state index is 13.2. The molecule has 102 valence electrons. The van der Waals surface area contributed by atoms with E-state index in [9.17, 15) is 13.2 Å². The van der Waals surface area contributed by atoms with Crippen LogP contribution in [0.4, 0.5) is 13.2 Å². The fraction of sp³-hybridized carbons (Fsp3) is 0.818. The van der Waals surface area contributed by atoms with Gasteiger partial charge in [-0.25, -0.2) is 8.78 Å². The van der Waals surface area contributed by atoms with Crippen molar-refractivity contribution in [2.45, 2.75) is 19.3 Å². The summed E-state index contributed by atoms with van der Waals surface area (Å²) < 4.78 is 32.5. The van der Waals surface area contributed by atoms with E-state index < -0.39 is 12.9 Å². The van der Waals surface area contributed by atoms with E-state index in [-0.39, 0.29) is 0 Å². The second kappa shape index (κ2) is 5.26. The van der Waals surface area contributed by atoms with Crippen LogP contribution in [0.1, 0.15) is 18.5 Å². The molecule has 2 aliphatic rings. The average Bonchev–Trinajstić information content (AvgIpc) is 2.48. The van der Waals surface area contributed by atoms with Crippen LogP contribution in [0.3, 0.4) is 0 Å². The normalized spacial score (nSPS) is 20.9. The lowest BCUT2D eigenvalue weighted by Gasteiger charge is -2.54. The first-order valence-corrected chi connectivity index (χ1v) is 5.97. The first-order valence-electron chi connectivity index (χ1n) is 5.97. The van der Waals surface area contributed by atoms with Gasteiger partial charge in [0.15, 0.2) is 0 Å². The molecule has 1 saturated heterocycles. The highest BCUT2D eigenvalue weighted by Crippen LogP contribution is 2.49. The van der Waals surface area contributed by atoms with Gasteiger partial charge in [0, 0.05) is 20.1 Å². The van der Waals surface area contributed by atoms with Crippen molar-refractivity contribution in [1.82, 2.24) is 20.3 Å². The van der Waals surface area contributed by atoms with Crippen LogP contribution in [0, 0.1) is 17.3 Å². The van der Waals surface area contributed by atoms with E-state index in [1.165, 1.54) is 17.6 Å². The lowest BCUT2D eigenvalue weighted by atomic mass is 9.57. The van der Waals surface area contributed by atoms with Crippen molar-refractivity contribution in [1.29, 1.82) is 0 Å². The van der Waals surface area contributed by atoms with Crippen LogP contribution in [-0.4, -0.2) is 35.0 Å². The third-order valence-electron chi connectivity index (χ3n) is 3.66. The summed E-state index contributed by atoms with van der Waals surface area (Å²) in [5.74, 6) is 0.212. The molecule has 1 spiro atoms. The maximum atomic E-state index is 13.2. The molecule has 1 N–H and O–H groups in total. The molecule has 2 heterocycles. The van der Waals surface area contributed by atoms with Crippen molar-refractivity contribution in [3.8, 4) is 0 Å². The molecule has 3 rings (SSSR count). The molecule has 2 fully saturated rings. The van der Waals surface area contributed by atoms with Crippen LogP contribution in [0.2, 0.25) is 0 Å². The van der Waals surface area contributed by atoms with Gasteiger partial charge in [-0.3, -0.25) is 0 Å². The van der Waals surface area contributed by atoms with Crippen LogP contribution >= 0.6 is 0 Å². The molecule has 0 amide bonds. The Balaban J connectivity index is 0.000000367. The van der Waals surface area contributed by atoms with Gasteiger partial charge in [0.1, 0.15) is 5.69 Å². The highest BCUT2D eigenvalue weighted by molar-refractivity contribution is 5.07. The minimum Gasteiger partial charge on any atom is -0.316 e. The highest BCUT2D eigenvalue weighted by Gasteiger charge is 2.48. The van der Waals surface area contributed by atoms with E-state index in [2.05, 4.69) is 15.5 Å². The summed E-state index contributed by atoms with van der Waals surface area (Å²) >= 11 is 0. The largest absolute Gasteiger partial charge is 0.316 e. The molecule has 1 aliphatic carbocycles. The Bertz CT molecular complexity index is 395. The molecule has 0 atom stereocenters. The molecule has 1 aliphatic heterocycles. The third kappa shape index (κ3) is 2.66. The Morgan fingerprint density at radius 3 is 2.33 bits per heavy atom. The zero-order chi connectivity index (χ0) is 13.2. The van der Waals surface area contributed by atoms with E-state index in [0.717, 1.165) is 19.5 Å². The lowest BCUT2D eigenvalue weighted by molar-refractivity contribution is 0.000101. The van der Waals surface area contributed by atoms with E-state index >= 15 is 0 Å². The molecule has 7 heteroatoms. The number of aromatic nitrogens is 3. The van der Waals surface area contributed by atoms with Gasteiger partial charge in [-0.05, 0) is 30.6 Å². The standard InChI is InChI=1S/C10H15FN4.CH2F2/c1-15-13-8(9(11)14-15)2-7-3-10(4-7)5-12-6-10;2-1-3/h7,12H,2-6H2,1H3;1H2. The molecule has 1 aromatic rings. The number of aryl methyl sites for hydroxylation is 1. The monoisotopic (exact) mass is 262 g/mol. The molecule has 0 aromatic carbocycles. The molecule has 4 nitrogen and oxygen atoms in total. The molecule has 0 bridgehead atoms. The SMILES string of the molecule is Cn1nc(F)c(CC2CC3(CNC3)C2)n1.FCF. The van der Waals surface area contributed by atoms with Crippen LogP contribution in [0.5, 0.6) is 0 Å². The maximum Gasteiger partial charge on any atom is 0.255 e. The zero-order valence-corrected chi connectivity index (χ0v) is 10.3. The van der Waals surface area contributed by atoms with E-state index in [0.29, 0.717) is 17.0 Å². The fourth-order valence-electron chi connectivity index (χ4n) is 2.90. The summed E-state index contributed by atoms with van der Waals surface area (Å²) in [6.45, 7) is 0.541. The summed E-state index contributed by atoms with van der Waals surface area (Å²) in [5, 5.41) is 11.0. The average molecular weight is 262 g/mol. The second-order valence-corrected chi connectivity index (χ2v) is 5.11. The number of alkyl halides is 2. The molecular weight excluding hydrogens is 245 g/mol. The Morgan fingerprint density at radius 1 is 1.33 bits per heavy atom. The first-order chi connectivity index (χ1) is 8.58. The van der Waals surface area contributed by atoms with E-state index in [1.807, 2.05) is 0 Å². The third-order valence-corrected chi connectivity index (χ3v) is 3.66. The van der Waals surface area contributed by atoms with E-state index in [4.69, 9.17) is 0 Å². The molecule has 1 aromatic heterocycles. The first kappa shape index (κ1) is 13.3. The van der Waals surface area contributed by atoms with Gasteiger partial charge in [-0.2, -0.15) is 14.3 Å². The summed E-state index contributed by atoms with van der Waals surface area (Å²) in [6.07, 6.45) is 3.19. The summed E-state index contributed by atoms with van der Waals surface area (Å²) in [7, 11) is 1.66. The molecule has 18 heavy (non-hydrogen) atoms. The smallest absolute Gasteiger partial charge is 0.255 e. The van der Waals surface area contributed by atoms with Gasteiger partial charge in [-0.1, -0.05) is 0 Å². The van der Waals surface area contributed by atoms with Crippen LogP contribution in [0.15, 0.2) is 0 Å². The fourth-order valence-corrected chi connectivity index (χ4v) is 2.90. The van der Waals surface area contributed by atoms with Crippen LogP contribution in [0.25, 0.3) is 0 Å². The Morgan fingerprint density at radius 2 is 1.94 bits per heavy atom. The van der Waals surface area contributed by atoms with Gasteiger partial charge in [0.05, 0.1) is 0 Å². The second-order valence-electron chi connectivity index (χ2n) is 5.11. The number of hydrogen-bond acceptors (Lipinski definition) is 3. The Kier molecular flexibility index (Phi) is 3.89. The summed E-state index contributed by atoms with van der Waals surface area (Å²) in [5.41, 5.74) is 1.09. The molecule has 0 unspecified atom stereocenters. The minimum atomic E-state index is -1.75. The van der Waals surface area contributed by atoms with Crippen molar-refractivity contribution in [3.05, 3.63) is 11.6 Å². The summed E-state index contributed by atoms with van der Waals surface area (Å²) in [6, 6.07) is 0. The molecule has 1 saturated carbocycles. The van der Waals surface area contributed by atoms with Crippen molar-refractivity contribution < 1.29 is 13.2 Å². The quantitative estimate of drug-likeness (QED) is 0.875. The summed E-state index contributed by atoms with van der Waals surface area (Å²) in [4.78, 5) is 1.31. The Hall–Kier alpha value is -1.11. The number of rotatable bonds is 2. The zero-order valence-electron chi connectivity index (χ0n) is 10.3. The number of halogens is 3. The van der Waals surface area contributed by atoms with Crippen molar-refractivity contribution in [3.63, 3.8) is 0 Å². The Labute approximate surface area is 104 Å². The predicted octanol–water partition coefficient (Wildman–Crippen LogP) is 1.38. The van der Waals surface area contributed by atoms with Gasteiger partial charge in [0.25, 0.3) is 5.95 Å². The molecule has 0 radical (unpaired) electrons. The number of nitrogens with one attached hydrogen (secondary N) is 1. The molecular formula is C11H17F3N4. The van der Waals surface area contributed by atoms with E-state index in [1.54, 1.807) is 7.05 Å². The van der Waals surface area contributed by atoms with Crippen LogP contribution < -0.4 is 5.32 Å². The minimum absolute atomic E-state index is 0.398. The van der Waals surface area contributed by atoms with Crippen molar-refractivity contribution >= 4 is 0 Å². The van der Waals surface area contributed by atoms with Crippen molar-refractivity contribution in [2.24, 2.45) is 18.4 Å². The number of hydrogen-bond donors (Lipinski definition) is 1. The number of nitrogens with zero attached hydrogens (tertiary/aromatic N) is 3. The van der Waals surface area contributed by atoms with Gasteiger partial charge in [0.2, 0.25) is 6.93 Å². The van der Waals surface area contributed by atoms with Gasteiger partial charge in [-0.15, -0.1) is 5.10 Å². The van der Waals surface area contributed by atoms with Gasteiger partial charge < -0.3 is 5.32 Å². The predicted molar refractivity (Wildman–Crippen MR) is 59.8 cm³/mol.